The van der Waals surface area contributed by atoms with Gasteiger partial charge in [-0.25, -0.2) is 19.5 Å². The van der Waals surface area contributed by atoms with Gasteiger partial charge in [0, 0.05) is 43.5 Å². The van der Waals surface area contributed by atoms with Gasteiger partial charge in [0.2, 0.25) is 0 Å². The van der Waals surface area contributed by atoms with Gasteiger partial charge in [0.05, 0.1) is 25.1 Å². The summed E-state index contributed by atoms with van der Waals surface area (Å²) in [5.74, 6) is 2.45. The molecular weight excluding hydrogens is 432 g/mol. The van der Waals surface area contributed by atoms with Gasteiger partial charge in [-0.3, -0.25) is 0 Å². The predicted molar refractivity (Wildman–Crippen MR) is 129 cm³/mol. The zero-order chi connectivity index (χ0) is 22.9. The van der Waals surface area contributed by atoms with Gasteiger partial charge in [-0.2, -0.15) is 0 Å². The maximum atomic E-state index is 5.47. The van der Waals surface area contributed by atoms with E-state index < -0.39 is 0 Å². The smallest absolute Gasteiger partial charge is 0.184 e. The number of nitrogens with zero attached hydrogens (tertiary/aromatic N) is 8. The molecule has 0 radical (unpaired) electrons. The fourth-order valence-corrected chi connectivity index (χ4v) is 4.02. The topological polar surface area (TPSA) is 118 Å². The third-order valence-electron chi connectivity index (χ3n) is 5.72. The molecule has 0 bridgehead atoms. The van der Waals surface area contributed by atoms with Crippen LogP contribution in [0.25, 0.3) is 27.9 Å². The Morgan fingerprint density at radius 1 is 1.00 bits per heavy atom. The third-order valence-corrected chi connectivity index (χ3v) is 5.72. The molecule has 11 heteroatoms. The van der Waals surface area contributed by atoms with Crippen molar-refractivity contribution in [3.8, 4) is 11.4 Å². The summed E-state index contributed by atoms with van der Waals surface area (Å²) >= 11 is 0. The SMILES string of the molecule is CNc1ncc(-c2nc3ccc(N4CCOCC4)cn3n2)c2cc(Nc3ccccn3)nnc12. The van der Waals surface area contributed by atoms with Crippen LogP contribution in [0.4, 0.5) is 23.1 Å². The Hall–Kier alpha value is -4.38. The number of ether oxygens (including phenoxy) is 1. The first-order chi connectivity index (χ1) is 16.8. The van der Waals surface area contributed by atoms with Crippen molar-refractivity contribution in [3.05, 3.63) is 55.0 Å². The van der Waals surface area contributed by atoms with Gasteiger partial charge in [0.1, 0.15) is 11.3 Å². The quantitative estimate of drug-likeness (QED) is 0.410. The van der Waals surface area contributed by atoms with E-state index in [9.17, 15) is 0 Å². The summed E-state index contributed by atoms with van der Waals surface area (Å²) in [5, 5.41) is 20.6. The summed E-state index contributed by atoms with van der Waals surface area (Å²) in [5.41, 5.74) is 3.25. The van der Waals surface area contributed by atoms with Crippen LogP contribution >= 0.6 is 0 Å². The number of hydrogen-bond acceptors (Lipinski definition) is 10. The zero-order valence-corrected chi connectivity index (χ0v) is 18.5. The van der Waals surface area contributed by atoms with Gasteiger partial charge >= 0.3 is 0 Å². The van der Waals surface area contributed by atoms with Crippen LogP contribution in [0.5, 0.6) is 0 Å². The molecule has 1 saturated heterocycles. The molecule has 34 heavy (non-hydrogen) atoms. The van der Waals surface area contributed by atoms with Crippen molar-refractivity contribution in [2.45, 2.75) is 0 Å². The van der Waals surface area contributed by atoms with Crippen molar-refractivity contribution >= 4 is 39.7 Å². The van der Waals surface area contributed by atoms with Gasteiger partial charge in [0.25, 0.3) is 0 Å². The second-order valence-corrected chi connectivity index (χ2v) is 7.83. The van der Waals surface area contributed by atoms with E-state index in [1.807, 2.05) is 36.5 Å². The highest BCUT2D eigenvalue weighted by atomic mass is 16.5. The average Bonchev–Trinajstić information content (AvgIpc) is 3.32. The molecule has 0 aliphatic carbocycles. The number of nitrogens with one attached hydrogen (secondary N) is 2. The van der Waals surface area contributed by atoms with Gasteiger partial charge in [-0.05, 0) is 30.3 Å². The highest BCUT2D eigenvalue weighted by Crippen LogP contribution is 2.30. The van der Waals surface area contributed by atoms with Crippen molar-refractivity contribution in [1.29, 1.82) is 0 Å². The van der Waals surface area contributed by atoms with Crippen LogP contribution in [0.3, 0.4) is 0 Å². The number of hydrogen-bond donors (Lipinski definition) is 2. The zero-order valence-electron chi connectivity index (χ0n) is 18.5. The van der Waals surface area contributed by atoms with Crippen LogP contribution in [0.2, 0.25) is 0 Å². The standard InChI is InChI=1S/C23H22N10O/c1-24-23-21-16(12-19(29-30-21)27-18-4-2-3-7-25-18)17(13-26-23)22-28-20-6-5-15(14-33(20)31-22)32-8-10-34-11-9-32/h2-7,12-14H,8-11H2,1H3,(H,24,26)(H,25,27,29). The first-order valence-corrected chi connectivity index (χ1v) is 11.0. The maximum Gasteiger partial charge on any atom is 0.184 e. The minimum atomic E-state index is 0.566. The van der Waals surface area contributed by atoms with Gasteiger partial charge in [-0.15, -0.1) is 15.3 Å². The fraction of sp³-hybridized carbons (Fsp3) is 0.217. The highest BCUT2D eigenvalue weighted by Gasteiger charge is 2.17. The molecule has 0 spiro atoms. The highest BCUT2D eigenvalue weighted by molar-refractivity contribution is 5.99. The van der Waals surface area contributed by atoms with Crippen molar-refractivity contribution < 1.29 is 4.74 Å². The minimum Gasteiger partial charge on any atom is -0.378 e. The largest absolute Gasteiger partial charge is 0.378 e. The lowest BCUT2D eigenvalue weighted by molar-refractivity contribution is 0.122. The van der Waals surface area contributed by atoms with Gasteiger partial charge in [-0.1, -0.05) is 6.07 Å². The summed E-state index contributed by atoms with van der Waals surface area (Å²) < 4.78 is 7.27. The Morgan fingerprint density at radius 2 is 1.91 bits per heavy atom. The van der Waals surface area contributed by atoms with E-state index in [1.165, 1.54) is 0 Å². The molecule has 5 aromatic rings. The van der Waals surface area contributed by atoms with E-state index in [1.54, 1.807) is 24.0 Å². The number of rotatable bonds is 5. The van der Waals surface area contributed by atoms with Gasteiger partial charge < -0.3 is 20.3 Å². The van der Waals surface area contributed by atoms with E-state index in [-0.39, 0.29) is 0 Å². The number of fused-ring (bicyclic) bond motifs is 2. The number of pyridine rings is 3. The third kappa shape index (κ3) is 3.71. The fourth-order valence-electron chi connectivity index (χ4n) is 4.02. The first-order valence-electron chi connectivity index (χ1n) is 11.0. The van der Waals surface area contributed by atoms with E-state index in [2.05, 4.69) is 41.8 Å². The molecular formula is C23H22N10O. The number of morpholine rings is 1. The first kappa shape index (κ1) is 20.2. The molecule has 6 rings (SSSR count). The molecule has 1 fully saturated rings. The average molecular weight is 454 g/mol. The summed E-state index contributed by atoms with van der Waals surface area (Å²) in [6.07, 6.45) is 5.48. The Kier molecular flexibility index (Phi) is 5.07. The van der Waals surface area contributed by atoms with Crippen LogP contribution in [0.1, 0.15) is 0 Å². The lowest BCUT2D eigenvalue weighted by atomic mass is 10.1. The normalized spacial score (nSPS) is 14.0. The molecule has 0 saturated carbocycles. The number of aromatic nitrogens is 7. The second-order valence-electron chi connectivity index (χ2n) is 7.83. The Bertz CT molecular complexity index is 1460. The molecule has 0 atom stereocenters. The van der Waals surface area contributed by atoms with E-state index >= 15 is 0 Å². The predicted octanol–water partition coefficient (Wildman–Crippen LogP) is 2.75. The van der Waals surface area contributed by atoms with Crippen LogP contribution in [0, 0.1) is 0 Å². The second kappa shape index (κ2) is 8.52. The Morgan fingerprint density at radius 3 is 2.74 bits per heavy atom. The van der Waals surface area contributed by atoms with Crippen molar-refractivity contribution in [1.82, 2.24) is 34.8 Å². The molecule has 1 aliphatic rings. The molecule has 6 heterocycles. The summed E-state index contributed by atoms with van der Waals surface area (Å²) in [4.78, 5) is 15.9. The summed E-state index contributed by atoms with van der Waals surface area (Å²) in [6, 6.07) is 11.6. The van der Waals surface area contributed by atoms with Crippen molar-refractivity contribution in [3.63, 3.8) is 0 Å². The molecule has 11 nitrogen and oxygen atoms in total. The Labute approximate surface area is 194 Å². The molecule has 2 N–H and O–H groups in total. The van der Waals surface area contributed by atoms with Crippen LogP contribution in [-0.4, -0.2) is 68.1 Å². The molecule has 5 aromatic heterocycles. The molecule has 1 aliphatic heterocycles. The molecule has 0 amide bonds. The van der Waals surface area contributed by atoms with Crippen LogP contribution in [0.15, 0.2) is 55.0 Å². The van der Waals surface area contributed by atoms with Crippen molar-refractivity contribution in [2.24, 2.45) is 0 Å². The lowest BCUT2D eigenvalue weighted by Crippen LogP contribution is -2.36. The maximum absolute atomic E-state index is 5.47. The summed E-state index contributed by atoms with van der Waals surface area (Å²) in [6.45, 7) is 3.17. The molecule has 170 valence electrons. The minimum absolute atomic E-state index is 0.566. The van der Waals surface area contributed by atoms with E-state index in [0.717, 1.165) is 48.6 Å². The molecule has 0 unspecified atom stereocenters. The van der Waals surface area contributed by atoms with Crippen molar-refractivity contribution in [2.75, 3.05) is 48.9 Å². The lowest BCUT2D eigenvalue weighted by Gasteiger charge is -2.28. The number of anilines is 4. The van der Waals surface area contributed by atoms with Crippen LogP contribution in [-0.2, 0) is 4.74 Å². The van der Waals surface area contributed by atoms with E-state index in [0.29, 0.717) is 28.8 Å². The monoisotopic (exact) mass is 454 g/mol. The van der Waals surface area contributed by atoms with Crippen LogP contribution < -0.4 is 15.5 Å². The Balaban J connectivity index is 1.43. The van der Waals surface area contributed by atoms with E-state index in [4.69, 9.17) is 14.8 Å². The van der Waals surface area contributed by atoms with Gasteiger partial charge in [0.15, 0.2) is 23.1 Å². The molecule has 0 aromatic carbocycles. The summed E-state index contributed by atoms with van der Waals surface area (Å²) in [7, 11) is 1.81.